The summed E-state index contributed by atoms with van der Waals surface area (Å²) in [5.74, 6) is -3.85. The molecule has 9 heteroatoms. The number of halogens is 3. The number of aryl methyl sites for hydroxylation is 1. The lowest BCUT2D eigenvalue weighted by atomic mass is 10.2. The van der Waals surface area contributed by atoms with Crippen molar-refractivity contribution in [3.8, 4) is 0 Å². The maximum Gasteiger partial charge on any atom is 0.246 e. The lowest BCUT2D eigenvalue weighted by Gasteiger charge is -2.22. The minimum absolute atomic E-state index is 0.130. The highest BCUT2D eigenvalue weighted by molar-refractivity contribution is 7.89. The molecule has 2 heterocycles. The van der Waals surface area contributed by atoms with Crippen LogP contribution < -0.4 is 0 Å². The Morgan fingerprint density at radius 2 is 1.87 bits per heavy atom. The van der Waals surface area contributed by atoms with Crippen molar-refractivity contribution in [2.75, 3.05) is 6.54 Å². The first kappa shape index (κ1) is 16.0. The Balaban J connectivity index is 2.03. The van der Waals surface area contributed by atoms with Crippen molar-refractivity contribution in [2.45, 2.75) is 30.7 Å². The van der Waals surface area contributed by atoms with E-state index in [0.29, 0.717) is 30.4 Å². The first-order valence-corrected chi connectivity index (χ1v) is 8.34. The highest BCUT2D eigenvalue weighted by Crippen LogP contribution is 2.37. The van der Waals surface area contributed by atoms with Crippen LogP contribution in [0.2, 0.25) is 0 Å². The molecule has 1 saturated heterocycles. The summed E-state index contributed by atoms with van der Waals surface area (Å²) < 4.78 is 71.7. The molecule has 1 aliphatic rings. The predicted octanol–water partition coefficient (Wildman–Crippen LogP) is 2.93. The molecule has 1 atom stereocenters. The summed E-state index contributed by atoms with van der Waals surface area (Å²) in [6, 6.07) is 1.54. The third kappa shape index (κ3) is 2.74. The first-order valence-electron chi connectivity index (χ1n) is 6.90. The maximum absolute atomic E-state index is 13.9. The van der Waals surface area contributed by atoms with Crippen molar-refractivity contribution in [1.82, 2.24) is 9.46 Å². The Morgan fingerprint density at radius 3 is 2.52 bits per heavy atom. The zero-order chi connectivity index (χ0) is 16.8. The van der Waals surface area contributed by atoms with E-state index in [4.69, 9.17) is 4.52 Å². The van der Waals surface area contributed by atoms with Gasteiger partial charge < -0.3 is 4.52 Å². The van der Waals surface area contributed by atoms with Crippen LogP contribution in [-0.4, -0.2) is 24.4 Å². The monoisotopic (exact) mass is 346 g/mol. The van der Waals surface area contributed by atoms with Gasteiger partial charge in [-0.2, -0.15) is 4.31 Å². The summed E-state index contributed by atoms with van der Waals surface area (Å²) in [7, 11) is -4.33. The van der Waals surface area contributed by atoms with E-state index in [2.05, 4.69) is 5.16 Å². The maximum atomic E-state index is 13.9. The van der Waals surface area contributed by atoms with Crippen molar-refractivity contribution < 1.29 is 26.1 Å². The van der Waals surface area contributed by atoms with Crippen molar-refractivity contribution in [2.24, 2.45) is 0 Å². The molecule has 0 spiro atoms. The zero-order valence-corrected chi connectivity index (χ0v) is 12.9. The summed E-state index contributed by atoms with van der Waals surface area (Å²) in [5, 5.41) is 3.71. The normalized spacial score (nSPS) is 19.4. The summed E-state index contributed by atoms with van der Waals surface area (Å²) in [6.45, 7) is 1.82. The fourth-order valence-corrected chi connectivity index (χ4v) is 4.40. The van der Waals surface area contributed by atoms with Crippen molar-refractivity contribution >= 4 is 10.0 Å². The number of nitrogens with zero attached hydrogens (tertiary/aromatic N) is 2. The minimum Gasteiger partial charge on any atom is -0.359 e. The van der Waals surface area contributed by atoms with Gasteiger partial charge in [-0.05, 0) is 25.8 Å². The Kier molecular flexibility index (Phi) is 3.93. The van der Waals surface area contributed by atoms with E-state index in [1.807, 2.05) is 0 Å². The van der Waals surface area contributed by atoms with Gasteiger partial charge in [-0.15, -0.1) is 0 Å². The van der Waals surface area contributed by atoms with Crippen molar-refractivity contribution in [3.05, 3.63) is 47.1 Å². The quantitative estimate of drug-likeness (QED) is 0.802. The molecule has 1 aromatic heterocycles. The van der Waals surface area contributed by atoms with Gasteiger partial charge in [-0.3, -0.25) is 0 Å². The summed E-state index contributed by atoms with van der Waals surface area (Å²) >= 11 is 0. The van der Waals surface area contributed by atoms with E-state index in [1.165, 1.54) is 0 Å². The molecule has 0 radical (unpaired) electrons. The largest absolute Gasteiger partial charge is 0.359 e. The lowest BCUT2D eigenvalue weighted by molar-refractivity contribution is 0.296. The van der Waals surface area contributed by atoms with Crippen LogP contribution in [0, 0.1) is 24.4 Å². The molecule has 23 heavy (non-hydrogen) atoms. The standard InChI is InChI=1S/C14H13F3N2O3S/c1-8-5-13(22-18-8)12-3-2-4-19(12)23(20,21)14-7-10(16)9(15)6-11(14)17/h5-7,12H,2-4H2,1H3/t12-/m1/s1. The molecule has 3 rings (SSSR count). The molecule has 0 N–H and O–H groups in total. The van der Waals surface area contributed by atoms with Gasteiger partial charge in [0.2, 0.25) is 10.0 Å². The van der Waals surface area contributed by atoms with Crippen LogP contribution >= 0.6 is 0 Å². The Bertz CT molecular complexity index is 851. The van der Waals surface area contributed by atoms with Gasteiger partial charge in [0, 0.05) is 18.7 Å². The van der Waals surface area contributed by atoms with Crippen LogP contribution in [0.4, 0.5) is 13.2 Å². The second kappa shape index (κ2) is 5.64. The fourth-order valence-electron chi connectivity index (χ4n) is 2.68. The summed E-state index contributed by atoms with van der Waals surface area (Å²) in [6.07, 6.45) is 1.01. The molecule has 1 fully saturated rings. The van der Waals surface area contributed by atoms with Crippen LogP contribution in [0.25, 0.3) is 0 Å². The van der Waals surface area contributed by atoms with Gasteiger partial charge in [0.05, 0.1) is 11.7 Å². The van der Waals surface area contributed by atoms with Gasteiger partial charge in [-0.25, -0.2) is 21.6 Å². The number of aromatic nitrogens is 1. The fraction of sp³-hybridized carbons (Fsp3) is 0.357. The Labute approximate surface area is 130 Å². The molecule has 0 unspecified atom stereocenters. The highest BCUT2D eigenvalue weighted by atomic mass is 32.2. The third-order valence-corrected chi connectivity index (χ3v) is 5.66. The molecule has 5 nitrogen and oxygen atoms in total. The highest BCUT2D eigenvalue weighted by Gasteiger charge is 2.39. The van der Waals surface area contributed by atoms with Crippen LogP contribution in [0.1, 0.15) is 30.3 Å². The van der Waals surface area contributed by atoms with E-state index in [0.717, 1.165) is 4.31 Å². The molecule has 124 valence electrons. The molecule has 0 saturated carbocycles. The number of sulfonamides is 1. The van der Waals surface area contributed by atoms with Gasteiger partial charge in [0.15, 0.2) is 17.4 Å². The second-order valence-electron chi connectivity index (χ2n) is 5.34. The summed E-state index contributed by atoms with van der Waals surface area (Å²) in [5.41, 5.74) is 0.586. The van der Waals surface area contributed by atoms with Crippen LogP contribution in [0.5, 0.6) is 0 Å². The SMILES string of the molecule is Cc1cc([C@H]2CCCN2S(=O)(=O)c2cc(F)c(F)cc2F)on1. The Morgan fingerprint density at radius 1 is 1.17 bits per heavy atom. The molecule has 0 aliphatic carbocycles. The van der Waals surface area contributed by atoms with Crippen molar-refractivity contribution in [3.63, 3.8) is 0 Å². The molecule has 2 aromatic rings. The summed E-state index contributed by atoms with van der Waals surface area (Å²) in [4.78, 5) is -0.889. The molecule has 0 bridgehead atoms. The minimum atomic E-state index is -4.33. The van der Waals surface area contributed by atoms with E-state index in [9.17, 15) is 21.6 Å². The van der Waals surface area contributed by atoms with E-state index < -0.39 is 38.4 Å². The smallest absolute Gasteiger partial charge is 0.246 e. The van der Waals surface area contributed by atoms with E-state index in [1.54, 1.807) is 13.0 Å². The van der Waals surface area contributed by atoms with Crippen LogP contribution in [0.3, 0.4) is 0 Å². The zero-order valence-electron chi connectivity index (χ0n) is 12.1. The van der Waals surface area contributed by atoms with Gasteiger partial charge in [0.25, 0.3) is 0 Å². The van der Waals surface area contributed by atoms with Gasteiger partial charge in [-0.1, -0.05) is 5.16 Å². The Hall–Kier alpha value is -1.87. The average Bonchev–Trinajstić information content (AvgIpc) is 3.11. The molecular formula is C14H13F3N2O3S. The van der Waals surface area contributed by atoms with Crippen molar-refractivity contribution in [1.29, 1.82) is 0 Å². The van der Waals surface area contributed by atoms with Gasteiger partial charge >= 0.3 is 0 Å². The van der Waals surface area contributed by atoms with Crippen LogP contribution in [0.15, 0.2) is 27.6 Å². The second-order valence-corrected chi connectivity index (χ2v) is 7.20. The number of hydrogen-bond acceptors (Lipinski definition) is 4. The number of benzene rings is 1. The molecular weight excluding hydrogens is 333 g/mol. The topological polar surface area (TPSA) is 63.4 Å². The molecule has 1 aromatic carbocycles. The third-order valence-electron chi connectivity index (χ3n) is 3.74. The lowest BCUT2D eigenvalue weighted by Crippen LogP contribution is -2.31. The first-order chi connectivity index (χ1) is 10.8. The van der Waals surface area contributed by atoms with Crippen LogP contribution in [-0.2, 0) is 10.0 Å². The number of hydrogen-bond donors (Lipinski definition) is 0. The average molecular weight is 346 g/mol. The molecule has 0 amide bonds. The van der Waals surface area contributed by atoms with E-state index in [-0.39, 0.29) is 12.6 Å². The predicted molar refractivity (Wildman–Crippen MR) is 73.4 cm³/mol. The van der Waals surface area contributed by atoms with Gasteiger partial charge in [0.1, 0.15) is 10.7 Å². The number of rotatable bonds is 3. The van der Waals surface area contributed by atoms with E-state index >= 15 is 0 Å². The molecule has 1 aliphatic heterocycles.